The van der Waals surface area contributed by atoms with Gasteiger partial charge < -0.3 is 10.2 Å². The zero-order chi connectivity index (χ0) is 13.5. The fourth-order valence-corrected chi connectivity index (χ4v) is 4.10. The number of carbonyl (C=O) groups is 1. The van der Waals surface area contributed by atoms with Crippen molar-refractivity contribution < 1.29 is 4.79 Å². The first-order chi connectivity index (χ1) is 8.41. The van der Waals surface area contributed by atoms with Crippen molar-refractivity contribution in [2.45, 2.75) is 53.5 Å². The largest absolute Gasteiger partial charge is 0.335 e. The fraction of sp³-hybridized carbons (Fsp3) is 0.933. The van der Waals surface area contributed by atoms with E-state index in [0.29, 0.717) is 17.4 Å². The SMILES string of the molecule is CCN(CC)C(=O)N[C@@H]1C[C@@H]2C[C@H]([C@H]1C)C2(C)C. The van der Waals surface area contributed by atoms with E-state index in [0.717, 1.165) is 31.3 Å². The highest BCUT2D eigenvalue weighted by molar-refractivity contribution is 5.74. The Balaban J connectivity index is 1.95. The minimum Gasteiger partial charge on any atom is -0.335 e. The van der Waals surface area contributed by atoms with Crippen LogP contribution in [0.15, 0.2) is 0 Å². The molecule has 0 saturated heterocycles. The van der Waals surface area contributed by atoms with Crippen molar-refractivity contribution in [3.63, 3.8) is 0 Å². The molecule has 3 aliphatic carbocycles. The summed E-state index contributed by atoms with van der Waals surface area (Å²) < 4.78 is 0. The van der Waals surface area contributed by atoms with Crippen LogP contribution in [-0.2, 0) is 0 Å². The number of fused-ring (bicyclic) bond motifs is 2. The van der Waals surface area contributed by atoms with Crippen molar-refractivity contribution in [1.29, 1.82) is 0 Å². The van der Waals surface area contributed by atoms with Gasteiger partial charge in [-0.3, -0.25) is 0 Å². The van der Waals surface area contributed by atoms with Crippen molar-refractivity contribution in [3.05, 3.63) is 0 Å². The van der Waals surface area contributed by atoms with Gasteiger partial charge in [0.05, 0.1) is 0 Å². The summed E-state index contributed by atoms with van der Waals surface area (Å²) in [5, 5.41) is 3.26. The monoisotopic (exact) mass is 252 g/mol. The molecule has 0 heterocycles. The van der Waals surface area contributed by atoms with Gasteiger partial charge in [0.25, 0.3) is 0 Å². The van der Waals surface area contributed by atoms with E-state index in [2.05, 4.69) is 26.1 Å². The van der Waals surface area contributed by atoms with Crippen LogP contribution in [0, 0.1) is 23.2 Å². The molecule has 0 aromatic rings. The van der Waals surface area contributed by atoms with Crippen LogP contribution >= 0.6 is 0 Å². The van der Waals surface area contributed by atoms with Gasteiger partial charge in [-0.1, -0.05) is 20.8 Å². The lowest BCUT2D eigenvalue weighted by Crippen LogP contribution is -2.61. The molecule has 0 radical (unpaired) electrons. The van der Waals surface area contributed by atoms with Crippen LogP contribution in [-0.4, -0.2) is 30.1 Å². The maximum Gasteiger partial charge on any atom is 0.317 e. The summed E-state index contributed by atoms with van der Waals surface area (Å²) in [6.45, 7) is 12.8. The van der Waals surface area contributed by atoms with E-state index in [4.69, 9.17) is 0 Å². The highest BCUT2D eigenvalue weighted by atomic mass is 16.2. The molecule has 2 amide bonds. The summed E-state index contributed by atoms with van der Waals surface area (Å²) in [5.41, 5.74) is 0.496. The van der Waals surface area contributed by atoms with E-state index in [9.17, 15) is 4.79 Å². The van der Waals surface area contributed by atoms with Crippen LogP contribution < -0.4 is 5.32 Å². The van der Waals surface area contributed by atoms with Crippen LogP contribution in [0.4, 0.5) is 4.79 Å². The number of amides is 2. The smallest absolute Gasteiger partial charge is 0.317 e. The van der Waals surface area contributed by atoms with Crippen molar-refractivity contribution >= 4 is 6.03 Å². The maximum absolute atomic E-state index is 12.1. The lowest BCUT2D eigenvalue weighted by Gasteiger charge is -2.62. The van der Waals surface area contributed by atoms with Gasteiger partial charge in [0, 0.05) is 19.1 Å². The summed E-state index contributed by atoms with van der Waals surface area (Å²) in [5.74, 6) is 2.21. The van der Waals surface area contributed by atoms with Crippen LogP contribution in [0.3, 0.4) is 0 Å². The van der Waals surface area contributed by atoms with Gasteiger partial charge in [0.15, 0.2) is 0 Å². The molecule has 3 rings (SSSR count). The first-order valence-electron chi connectivity index (χ1n) is 7.47. The third kappa shape index (κ3) is 2.02. The normalized spacial score (nSPS) is 36.7. The van der Waals surface area contributed by atoms with E-state index >= 15 is 0 Å². The summed E-state index contributed by atoms with van der Waals surface area (Å²) in [6.07, 6.45) is 2.53. The number of hydrogen-bond acceptors (Lipinski definition) is 1. The molecule has 3 saturated carbocycles. The molecule has 0 unspecified atom stereocenters. The lowest BCUT2D eigenvalue weighted by atomic mass is 9.45. The van der Waals surface area contributed by atoms with Crippen LogP contribution in [0.5, 0.6) is 0 Å². The summed E-state index contributed by atoms with van der Waals surface area (Å²) in [6, 6.07) is 0.505. The van der Waals surface area contributed by atoms with E-state index < -0.39 is 0 Å². The van der Waals surface area contributed by atoms with Gasteiger partial charge in [-0.2, -0.15) is 0 Å². The minimum atomic E-state index is 0.121. The zero-order valence-electron chi connectivity index (χ0n) is 12.5. The van der Waals surface area contributed by atoms with Crippen LogP contribution in [0.2, 0.25) is 0 Å². The standard InChI is InChI=1S/C15H28N2O/c1-6-17(7-2)14(18)16-13-9-11-8-12(10(13)3)15(11,4)5/h10-13H,6-9H2,1-5H3,(H,16,18)/t10-,11+,12-,13-/m1/s1. The number of rotatable bonds is 3. The van der Waals surface area contributed by atoms with Gasteiger partial charge in [-0.15, -0.1) is 0 Å². The molecule has 1 N–H and O–H groups in total. The van der Waals surface area contributed by atoms with Gasteiger partial charge in [-0.25, -0.2) is 4.79 Å². The average molecular weight is 252 g/mol. The molecule has 0 aromatic heterocycles. The highest BCUT2D eigenvalue weighted by Gasteiger charge is 2.56. The molecule has 3 aliphatic rings. The van der Waals surface area contributed by atoms with Crippen LogP contribution in [0.1, 0.15) is 47.5 Å². The number of hydrogen-bond donors (Lipinski definition) is 1. The Hall–Kier alpha value is -0.730. The molecular weight excluding hydrogens is 224 g/mol. The Morgan fingerprint density at radius 1 is 1.28 bits per heavy atom. The minimum absolute atomic E-state index is 0.121. The lowest BCUT2D eigenvalue weighted by molar-refractivity contribution is -0.113. The van der Waals surface area contributed by atoms with E-state index in [1.807, 2.05) is 18.7 Å². The molecule has 0 aromatic carbocycles. The van der Waals surface area contributed by atoms with Gasteiger partial charge in [0.1, 0.15) is 0 Å². The van der Waals surface area contributed by atoms with Gasteiger partial charge >= 0.3 is 6.03 Å². The molecule has 4 atom stereocenters. The third-order valence-electron chi connectivity index (χ3n) is 5.71. The molecular formula is C15H28N2O. The molecule has 0 spiro atoms. The van der Waals surface area contributed by atoms with Crippen molar-refractivity contribution in [2.75, 3.05) is 13.1 Å². The predicted octanol–water partition coefficient (Wildman–Crippen LogP) is 3.11. The molecule has 104 valence electrons. The summed E-state index contributed by atoms with van der Waals surface area (Å²) >= 11 is 0. The molecule has 3 heteroatoms. The maximum atomic E-state index is 12.1. The van der Waals surface area contributed by atoms with Gasteiger partial charge in [-0.05, 0) is 49.9 Å². The topological polar surface area (TPSA) is 32.3 Å². The number of nitrogens with zero attached hydrogens (tertiary/aromatic N) is 1. The van der Waals surface area contributed by atoms with E-state index in [1.165, 1.54) is 6.42 Å². The van der Waals surface area contributed by atoms with E-state index in [-0.39, 0.29) is 6.03 Å². The Kier molecular flexibility index (Phi) is 3.61. The first kappa shape index (κ1) is 13.7. The van der Waals surface area contributed by atoms with E-state index in [1.54, 1.807) is 0 Å². The number of carbonyl (C=O) groups excluding carboxylic acids is 1. The summed E-state index contributed by atoms with van der Waals surface area (Å²) in [7, 11) is 0. The molecule has 18 heavy (non-hydrogen) atoms. The van der Waals surface area contributed by atoms with Gasteiger partial charge in [0.2, 0.25) is 0 Å². The molecule has 3 nitrogen and oxygen atoms in total. The van der Waals surface area contributed by atoms with Crippen molar-refractivity contribution in [1.82, 2.24) is 10.2 Å². The Labute approximate surface area is 111 Å². The zero-order valence-corrected chi connectivity index (χ0v) is 12.5. The second-order valence-electron chi connectivity index (χ2n) is 6.68. The second kappa shape index (κ2) is 4.75. The Morgan fingerprint density at radius 3 is 2.33 bits per heavy atom. The molecule has 0 aliphatic heterocycles. The number of nitrogens with one attached hydrogen (secondary N) is 1. The summed E-state index contributed by atoms with van der Waals surface area (Å²) in [4.78, 5) is 14.0. The fourth-order valence-electron chi connectivity index (χ4n) is 4.10. The quantitative estimate of drug-likeness (QED) is 0.822. The molecule has 3 fully saturated rings. The Morgan fingerprint density at radius 2 is 1.89 bits per heavy atom. The first-order valence-corrected chi connectivity index (χ1v) is 7.47. The number of urea groups is 1. The second-order valence-corrected chi connectivity index (χ2v) is 6.68. The predicted molar refractivity (Wildman–Crippen MR) is 74.4 cm³/mol. The van der Waals surface area contributed by atoms with Crippen LogP contribution in [0.25, 0.3) is 0 Å². The Bertz CT molecular complexity index is 322. The highest BCUT2D eigenvalue weighted by Crippen LogP contribution is 2.61. The molecule has 2 bridgehead atoms. The third-order valence-corrected chi connectivity index (χ3v) is 5.71. The van der Waals surface area contributed by atoms with Crippen molar-refractivity contribution in [2.24, 2.45) is 23.2 Å². The van der Waals surface area contributed by atoms with Crippen molar-refractivity contribution in [3.8, 4) is 0 Å². The average Bonchev–Trinajstić information content (AvgIpc) is 2.32.